The molecule has 2 nitrogen and oxygen atoms in total. The smallest absolute Gasteiger partial charge is 0.391 e. The van der Waals surface area contributed by atoms with E-state index in [-0.39, 0.29) is 12.2 Å². The second kappa shape index (κ2) is 6.93. The maximum Gasteiger partial charge on any atom is 0.417 e. The summed E-state index contributed by atoms with van der Waals surface area (Å²) in [5.74, 6) is 0. The summed E-state index contributed by atoms with van der Waals surface area (Å²) in [4.78, 5) is 5.09. The van der Waals surface area contributed by atoms with Gasteiger partial charge in [0.1, 0.15) is 6.61 Å². The lowest BCUT2D eigenvalue weighted by Crippen LogP contribution is -2.08. The fraction of sp³-hybridized carbons (Fsp3) is 0.118. The molecule has 114 valence electrons. The van der Waals surface area contributed by atoms with Gasteiger partial charge in [0.25, 0.3) is 0 Å². The number of oxime groups is 1. The number of alkyl halides is 3. The minimum atomic E-state index is -4.42. The van der Waals surface area contributed by atoms with Gasteiger partial charge in [0, 0.05) is 5.56 Å². The topological polar surface area (TPSA) is 21.6 Å². The summed E-state index contributed by atoms with van der Waals surface area (Å²) >= 11 is 0. The Kier molecular flexibility index (Phi) is 4.99. The van der Waals surface area contributed by atoms with E-state index >= 15 is 0 Å². The monoisotopic (exact) mass is 305 g/mol. The average molecular weight is 305 g/mol. The molecule has 0 amide bonds. The number of hydrogen-bond acceptors (Lipinski definition) is 2. The van der Waals surface area contributed by atoms with Crippen LogP contribution in [0, 0.1) is 0 Å². The van der Waals surface area contributed by atoms with Gasteiger partial charge in [-0.05, 0) is 17.2 Å². The van der Waals surface area contributed by atoms with E-state index in [2.05, 4.69) is 11.7 Å². The number of halogens is 3. The molecule has 5 heteroatoms. The van der Waals surface area contributed by atoms with Gasteiger partial charge in [-0.2, -0.15) is 13.2 Å². The van der Waals surface area contributed by atoms with Crippen molar-refractivity contribution in [2.75, 3.05) is 0 Å². The van der Waals surface area contributed by atoms with Gasteiger partial charge in [-0.1, -0.05) is 60.3 Å². The second-order valence-corrected chi connectivity index (χ2v) is 4.50. The highest BCUT2D eigenvalue weighted by atomic mass is 19.4. The zero-order chi connectivity index (χ0) is 16.0. The standard InChI is InChI=1S/C17H14F3NO/c1-2-13-7-3-4-9-15(13)12-22-21-11-14-8-5-6-10-16(14)17(18,19)20/h2-11H,1,12H2. The van der Waals surface area contributed by atoms with E-state index in [1.807, 2.05) is 24.3 Å². The highest BCUT2D eigenvalue weighted by Gasteiger charge is 2.32. The molecule has 2 aromatic rings. The SMILES string of the molecule is C=Cc1ccccc1CON=Cc1ccccc1C(F)(F)F. The van der Waals surface area contributed by atoms with Crippen LogP contribution in [-0.2, 0) is 17.6 Å². The molecule has 2 aromatic carbocycles. The predicted octanol–water partition coefficient (Wildman–Crippen LogP) is 4.90. The van der Waals surface area contributed by atoms with Crippen molar-refractivity contribution in [3.63, 3.8) is 0 Å². The Morgan fingerprint density at radius 2 is 1.64 bits per heavy atom. The largest absolute Gasteiger partial charge is 0.417 e. The van der Waals surface area contributed by atoms with E-state index in [1.54, 1.807) is 6.08 Å². The Labute approximate surface area is 126 Å². The van der Waals surface area contributed by atoms with Crippen LogP contribution in [0.1, 0.15) is 22.3 Å². The molecule has 0 saturated carbocycles. The molecule has 0 bridgehead atoms. The van der Waals surface area contributed by atoms with Crippen molar-refractivity contribution in [2.24, 2.45) is 5.16 Å². The number of benzene rings is 2. The molecular formula is C17H14F3NO. The van der Waals surface area contributed by atoms with Crippen LogP contribution in [0.25, 0.3) is 6.08 Å². The molecule has 0 aliphatic rings. The van der Waals surface area contributed by atoms with Gasteiger partial charge in [0.05, 0.1) is 11.8 Å². The third-order valence-corrected chi connectivity index (χ3v) is 3.03. The molecule has 0 N–H and O–H groups in total. The Morgan fingerprint density at radius 1 is 1.00 bits per heavy atom. The maximum absolute atomic E-state index is 12.8. The van der Waals surface area contributed by atoms with Crippen LogP contribution in [0.15, 0.2) is 60.3 Å². The zero-order valence-electron chi connectivity index (χ0n) is 11.7. The quantitative estimate of drug-likeness (QED) is 0.569. The lowest BCUT2D eigenvalue weighted by molar-refractivity contribution is -0.137. The van der Waals surface area contributed by atoms with Gasteiger partial charge in [-0.15, -0.1) is 0 Å². The Bertz CT molecular complexity index is 678. The van der Waals surface area contributed by atoms with Crippen LogP contribution in [0.5, 0.6) is 0 Å². The van der Waals surface area contributed by atoms with Crippen molar-refractivity contribution in [2.45, 2.75) is 12.8 Å². The minimum Gasteiger partial charge on any atom is -0.391 e. The lowest BCUT2D eigenvalue weighted by Gasteiger charge is -2.09. The number of hydrogen-bond donors (Lipinski definition) is 0. The van der Waals surface area contributed by atoms with Crippen molar-refractivity contribution in [1.82, 2.24) is 0 Å². The van der Waals surface area contributed by atoms with Gasteiger partial charge < -0.3 is 4.84 Å². The average Bonchev–Trinajstić information content (AvgIpc) is 2.51. The van der Waals surface area contributed by atoms with Gasteiger partial charge in [-0.3, -0.25) is 0 Å². The Balaban J connectivity index is 2.06. The summed E-state index contributed by atoms with van der Waals surface area (Å²) in [6.07, 6.45) is -1.67. The third kappa shape index (κ3) is 3.97. The highest BCUT2D eigenvalue weighted by Crippen LogP contribution is 2.31. The van der Waals surface area contributed by atoms with E-state index < -0.39 is 11.7 Å². The number of nitrogens with zero attached hydrogens (tertiary/aromatic N) is 1. The molecule has 0 radical (unpaired) electrons. The summed E-state index contributed by atoms with van der Waals surface area (Å²) in [5.41, 5.74) is 0.980. The minimum absolute atomic E-state index is 0.0352. The first kappa shape index (κ1) is 15.8. The summed E-state index contributed by atoms with van der Waals surface area (Å²) in [6.45, 7) is 3.85. The highest BCUT2D eigenvalue weighted by molar-refractivity contribution is 5.81. The van der Waals surface area contributed by atoms with E-state index in [0.717, 1.165) is 23.4 Å². The van der Waals surface area contributed by atoms with Gasteiger partial charge >= 0.3 is 6.18 Å². The van der Waals surface area contributed by atoms with E-state index in [1.165, 1.54) is 18.2 Å². The molecule has 22 heavy (non-hydrogen) atoms. The number of rotatable bonds is 5. The van der Waals surface area contributed by atoms with Gasteiger partial charge in [0.15, 0.2) is 0 Å². The predicted molar refractivity (Wildman–Crippen MR) is 80.4 cm³/mol. The van der Waals surface area contributed by atoms with Crippen LogP contribution in [-0.4, -0.2) is 6.21 Å². The van der Waals surface area contributed by atoms with Crippen molar-refractivity contribution in [3.8, 4) is 0 Å². The normalized spacial score (nSPS) is 11.6. The first-order valence-electron chi connectivity index (χ1n) is 6.54. The summed E-state index contributed by atoms with van der Waals surface area (Å²) in [6, 6.07) is 12.6. The molecule has 0 fully saturated rings. The fourth-order valence-electron chi connectivity index (χ4n) is 1.93. The summed E-state index contributed by atoms with van der Waals surface area (Å²) in [7, 11) is 0. The molecule has 0 heterocycles. The van der Waals surface area contributed by atoms with Crippen LogP contribution < -0.4 is 0 Å². The van der Waals surface area contributed by atoms with E-state index in [4.69, 9.17) is 4.84 Å². The van der Waals surface area contributed by atoms with Crippen molar-refractivity contribution in [3.05, 3.63) is 77.4 Å². The Morgan fingerprint density at radius 3 is 2.32 bits per heavy atom. The first-order valence-corrected chi connectivity index (χ1v) is 6.54. The molecule has 0 aliphatic carbocycles. The molecular weight excluding hydrogens is 291 g/mol. The van der Waals surface area contributed by atoms with Gasteiger partial charge in [-0.25, -0.2) is 0 Å². The van der Waals surface area contributed by atoms with Crippen molar-refractivity contribution < 1.29 is 18.0 Å². The molecule has 0 spiro atoms. The fourth-order valence-corrected chi connectivity index (χ4v) is 1.93. The molecule has 2 rings (SSSR count). The second-order valence-electron chi connectivity index (χ2n) is 4.50. The van der Waals surface area contributed by atoms with Crippen molar-refractivity contribution >= 4 is 12.3 Å². The van der Waals surface area contributed by atoms with Crippen LogP contribution in [0.2, 0.25) is 0 Å². The van der Waals surface area contributed by atoms with Crippen molar-refractivity contribution in [1.29, 1.82) is 0 Å². The summed E-state index contributed by atoms with van der Waals surface area (Å²) in [5, 5.41) is 3.63. The molecule has 0 atom stereocenters. The molecule has 0 aromatic heterocycles. The van der Waals surface area contributed by atoms with E-state index in [9.17, 15) is 13.2 Å². The van der Waals surface area contributed by atoms with E-state index in [0.29, 0.717) is 0 Å². The molecule has 0 unspecified atom stereocenters. The van der Waals surface area contributed by atoms with Crippen LogP contribution >= 0.6 is 0 Å². The first-order chi connectivity index (χ1) is 10.5. The van der Waals surface area contributed by atoms with Crippen LogP contribution in [0.3, 0.4) is 0 Å². The zero-order valence-corrected chi connectivity index (χ0v) is 11.7. The summed E-state index contributed by atoms with van der Waals surface area (Å²) < 4.78 is 38.4. The maximum atomic E-state index is 12.8. The van der Waals surface area contributed by atoms with Gasteiger partial charge in [0.2, 0.25) is 0 Å². The third-order valence-electron chi connectivity index (χ3n) is 3.03. The molecule has 0 saturated heterocycles. The Hall–Kier alpha value is -2.56. The molecule has 0 aliphatic heterocycles. The lowest BCUT2D eigenvalue weighted by atomic mass is 10.1. The van der Waals surface area contributed by atoms with Crippen LogP contribution in [0.4, 0.5) is 13.2 Å².